The van der Waals surface area contributed by atoms with Crippen LogP contribution < -0.4 is 16.4 Å². The molecule has 0 fully saturated rings. The third-order valence-electron chi connectivity index (χ3n) is 3.70. The zero-order valence-electron chi connectivity index (χ0n) is 14.4. The minimum Gasteiger partial charge on any atom is -0.364 e. The van der Waals surface area contributed by atoms with Gasteiger partial charge in [-0.2, -0.15) is 13.2 Å². The van der Waals surface area contributed by atoms with E-state index < -0.39 is 23.7 Å². The summed E-state index contributed by atoms with van der Waals surface area (Å²) < 4.78 is 38.0. The maximum absolute atomic E-state index is 12.7. The second kappa shape index (κ2) is 8.10. The van der Waals surface area contributed by atoms with E-state index in [-0.39, 0.29) is 15.7 Å². The van der Waals surface area contributed by atoms with Crippen molar-refractivity contribution in [2.45, 2.75) is 6.18 Å². The number of rotatable bonds is 4. The summed E-state index contributed by atoms with van der Waals surface area (Å²) >= 11 is 6.94. The molecule has 11 heteroatoms. The number of halogens is 4. The fourth-order valence-corrected chi connectivity index (χ4v) is 3.23. The number of thiazole rings is 1. The fourth-order valence-electron chi connectivity index (χ4n) is 2.32. The molecule has 4 N–H and O–H groups in total. The Morgan fingerprint density at radius 2 is 1.76 bits per heavy atom. The zero-order chi connectivity index (χ0) is 21.2. The summed E-state index contributed by atoms with van der Waals surface area (Å²) in [7, 11) is 0. The normalized spacial score (nSPS) is 11.2. The molecule has 29 heavy (non-hydrogen) atoms. The zero-order valence-corrected chi connectivity index (χ0v) is 16.0. The standard InChI is InChI=1S/C18H12ClF3N4O2S/c19-12-7-10(18(20,21)22)3-6-13(12)26-17(28)24-11-4-1-9(2-5-11)14-8-29-16(25-14)15(23)27/h1-8H,(H2,23,27)(H2,24,26,28). The van der Waals surface area contributed by atoms with Gasteiger partial charge in [0.25, 0.3) is 5.91 Å². The average Bonchev–Trinajstić information content (AvgIpc) is 3.13. The van der Waals surface area contributed by atoms with E-state index in [1.165, 1.54) is 0 Å². The Balaban J connectivity index is 1.66. The number of nitrogens with two attached hydrogens (primary N) is 1. The van der Waals surface area contributed by atoms with E-state index in [0.717, 1.165) is 29.5 Å². The van der Waals surface area contributed by atoms with Gasteiger partial charge in [0.2, 0.25) is 0 Å². The number of primary amides is 1. The Labute approximate surface area is 171 Å². The topological polar surface area (TPSA) is 97.1 Å². The first-order chi connectivity index (χ1) is 13.6. The molecule has 0 radical (unpaired) electrons. The number of carbonyl (C=O) groups is 2. The molecule has 6 nitrogen and oxygen atoms in total. The van der Waals surface area contributed by atoms with Crippen molar-refractivity contribution in [3.63, 3.8) is 0 Å². The van der Waals surface area contributed by atoms with Crippen molar-refractivity contribution in [1.29, 1.82) is 0 Å². The molecule has 0 atom stereocenters. The van der Waals surface area contributed by atoms with Crippen LogP contribution in [0.3, 0.4) is 0 Å². The Hall–Kier alpha value is -3.11. The highest BCUT2D eigenvalue weighted by Crippen LogP contribution is 2.33. The highest BCUT2D eigenvalue weighted by atomic mass is 35.5. The van der Waals surface area contributed by atoms with Crippen LogP contribution in [-0.2, 0) is 6.18 Å². The Kier molecular flexibility index (Phi) is 5.76. The van der Waals surface area contributed by atoms with Crippen LogP contribution in [0.5, 0.6) is 0 Å². The van der Waals surface area contributed by atoms with E-state index in [2.05, 4.69) is 15.6 Å². The fraction of sp³-hybridized carbons (Fsp3) is 0.0556. The average molecular weight is 441 g/mol. The predicted octanol–water partition coefficient (Wildman–Crippen LogP) is 5.23. The maximum atomic E-state index is 12.7. The molecular formula is C18H12ClF3N4O2S. The second-order valence-electron chi connectivity index (χ2n) is 5.75. The highest BCUT2D eigenvalue weighted by Gasteiger charge is 2.31. The van der Waals surface area contributed by atoms with Gasteiger partial charge in [0.05, 0.1) is 22.0 Å². The van der Waals surface area contributed by atoms with Crippen LogP contribution in [0.2, 0.25) is 5.02 Å². The lowest BCUT2D eigenvalue weighted by Crippen LogP contribution is -2.19. The molecule has 3 rings (SSSR count). The van der Waals surface area contributed by atoms with Crippen LogP contribution in [0.15, 0.2) is 47.8 Å². The summed E-state index contributed by atoms with van der Waals surface area (Å²) in [4.78, 5) is 27.3. The number of aromatic nitrogens is 1. The molecule has 0 spiro atoms. The van der Waals surface area contributed by atoms with Crippen LogP contribution in [0.1, 0.15) is 15.4 Å². The van der Waals surface area contributed by atoms with Gasteiger partial charge in [0, 0.05) is 16.6 Å². The first-order valence-corrected chi connectivity index (χ1v) is 9.20. The largest absolute Gasteiger partial charge is 0.416 e. The van der Waals surface area contributed by atoms with Crippen LogP contribution in [0.25, 0.3) is 11.3 Å². The number of hydrogen-bond donors (Lipinski definition) is 3. The Bertz CT molecular complexity index is 1070. The number of urea groups is 1. The quantitative estimate of drug-likeness (QED) is 0.518. The predicted molar refractivity (Wildman–Crippen MR) is 105 cm³/mol. The molecule has 150 valence electrons. The monoisotopic (exact) mass is 440 g/mol. The first kappa shape index (κ1) is 20.6. The van der Waals surface area contributed by atoms with Crippen molar-refractivity contribution in [2.24, 2.45) is 5.73 Å². The number of nitrogens with zero attached hydrogens (tertiary/aromatic N) is 1. The third kappa shape index (κ3) is 5.04. The van der Waals surface area contributed by atoms with Gasteiger partial charge in [-0.05, 0) is 30.3 Å². The molecule has 3 amide bonds. The molecule has 0 bridgehead atoms. The molecule has 1 heterocycles. The van der Waals surface area contributed by atoms with E-state index in [0.29, 0.717) is 16.9 Å². The summed E-state index contributed by atoms with van der Waals surface area (Å²) in [6.45, 7) is 0. The van der Waals surface area contributed by atoms with Crippen LogP contribution >= 0.6 is 22.9 Å². The Morgan fingerprint density at radius 1 is 1.07 bits per heavy atom. The molecule has 0 aliphatic carbocycles. The molecule has 0 saturated heterocycles. The van der Waals surface area contributed by atoms with Gasteiger partial charge in [0.15, 0.2) is 5.01 Å². The van der Waals surface area contributed by atoms with Crippen molar-refractivity contribution in [2.75, 3.05) is 10.6 Å². The minimum atomic E-state index is -4.53. The van der Waals surface area contributed by atoms with Crippen molar-refractivity contribution in [1.82, 2.24) is 4.98 Å². The van der Waals surface area contributed by atoms with Gasteiger partial charge in [-0.15, -0.1) is 11.3 Å². The minimum absolute atomic E-state index is 0.0373. The highest BCUT2D eigenvalue weighted by molar-refractivity contribution is 7.12. The van der Waals surface area contributed by atoms with E-state index in [4.69, 9.17) is 17.3 Å². The first-order valence-electron chi connectivity index (χ1n) is 7.94. The Morgan fingerprint density at radius 3 is 2.31 bits per heavy atom. The second-order valence-corrected chi connectivity index (χ2v) is 7.02. The lowest BCUT2D eigenvalue weighted by atomic mass is 10.1. The summed E-state index contributed by atoms with van der Waals surface area (Å²) in [6.07, 6.45) is -4.53. The maximum Gasteiger partial charge on any atom is 0.416 e. The van der Waals surface area contributed by atoms with E-state index >= 15 is 0 Å². The number of nitrogens with one attached hydrogen (secondary N) is 2. The molecule has 0 saturated carbocycles. The van der Waals surface area contributed by atoms with Crippen LogP contribution in [0.4, 0.5) is 29.3 Å². The molecule has 3 aromatic rings. The van der Waals surface area contributed by atoms with Crippen molar-refractivity contribution in [3.8, 4) is 11.3 Å². The third-order valence-corrected chi connectivity index (χ3v) is 4.87. The van der Waals surface area contributed by atoms with Gasteiger partial charge in [-0.1, -0.05) is 23.7 Å². The van der Waals surface area contributed by atoms with Crippen molar-refractivity contribution >= 4 is 46.3 Å². The summed E-state index contributed by atoms with van der Waals surface area (Å²) in [5, 5.41) is 6.57. The van der Waals surface area contributed by atoms with E-state index in [1.807, 2.05) is 0 Å². The number of hydrogen-bond acceptors (Lipinski definition) is 4. The number of anilines is 2. The van der Waals surface area contributed by atoms with Crippen molar-refractivity contribution < 1.29 is 22.8 Å². The van der Waals surface area contributed by atoms with Gasteiger partial charge in [-0.25, -0.2) is 9.78 Å². The van der Waals surface area contributed by atoms with Gasteiger partial charge >= 0.3 is 12.2 Å². The molecular weight excluding hydrogens is 429 g/mol. The number of alkyl halides is 3. The van der Waals surface area contributed by atoms with Crippen molar-refractivity contribution in [3.05, 3.63) is 63.4 Å². The lowest BCUT2D eigenvalue weighted by Gasteiger charge is -2.12. The number of amides is 3. The number of carbonyl (C=O) groups excluding carboxylic acids is 2. The van der Waals surface area contributed by atoms with Gasteiger partial charge < -0.3 is 16.4 Å². The molecule has 0 aliphatic rings. The van der Waals surface area contributed by atoms with E-state index in [9.17, 15) is 22.8 Å². The summed E-state index contributed by atoms with van der Waals surface area (Å²) in [5.41, 5.74) is 6.01. The molecule has 1 aromatic heterocycles. The van der Waals surface area contributed by atoms with Crippen LogP contribution in [0, 0.1) is 0 Å². The molecule has 2 aromatic carbocycles. The SMILES string of the molecule is NC(=O)c1nc(-c2ccc(NC(=O)Nc3ccc(C(F)(F)F)cc3Cl)cc2)cs1. The molecule has 0 unspecified atom stereocenters. The van der Waals surface area contributed by atoms with Gasteiger partial charge in [0.1, 0.15) is 0 Å². The summed E-state index contributed by atoms with van der Waals surface area (Å²) in [6, 6.07) is 8.53. The smallest absolute Gasteiger partial charge is 0.364 e. The van der Waals surface area contributed by atoms with E-state index in [1.54, 1.807) is 29.6 Å². The number of benzene rings is 2. The van der Waals surface area contributed by atoms with Crippen LogP contribution in [-0.4, -0.2) is 16.9 Å². The lowest BCUT2D eigenvalue weighted by molar-refractivity contribution is -0.137. The molecule has 0 aliphatic heterocycles. The summed E-state index contributed by atoms with van der Waals surface area (Å²) in [5.74, 6) is -0.613. The van der Waals surface area contributed by atoms with Gasteiger partial charge in [-0.3, -0.25) is 4.79 Å².